The monoisotopic (exact) mass is 296 g/mol. The second-order valence-corrected chi connectivity index (χ2v) is 5.15. The Bertz CT molecular complexity index is 796. The zero-order chi connectivity index (χ0) is 15.5. The third-order valence-corrected chi connectivity index (χ3v) is 3.12. The number of fused-ring (bicyclic) bond motifs is 1. The van der Waals surface area contributed by atoms with Crippen molar-refractivity contribution in [1.82, 2.24) is 14.8 Å². The highest BCUT2D eigenvalue weighted by Gasteiger charge is 2.10. The van der Waals surface area contributed by atoms with Crippen LogP contribution in [0.3, 0.4) is 0 Å². The summed E-state index contributed by atoms with van der Waals surface area (Å²) in [6, 6.07) is 10.9. The zero-order valence-corrected chi connectivity index (χ0v) is 12.4. The molecule has 0 spiro atoms. The van der Waals surface area contributed by atoms with Gasteiger partial charge in [-0.25, -0.2) is 14.5 Å². The molecular weight excluding hydrogens is 280 g/mol. The van der Waals surface area contributed by atoms with Crippen molar-refractivity contribution in [3.8, 4) is 5.75 Å². The van der Waals surface area contributed by atoms with E-state index >= 15 is 0 Å². The summed E-state index contributed by atoms with van der Waals surface area (Å²) in [5.74, 6) is 0.488. The lowest BCUT2D eigenvalue weighted by Crippen LogP contribution is -2.16. The van der Waals surface area contributed by atoms with Crippen LogP contribution in [0.4, 0.5) is 10.5 Å². The van der Waals surface area contributed by atoms with E-state index in [1.807, 2.05) is 30.7 Å². The van der Waals surface area contributed by atoms with Gasteiger partial charge in [0.05, 0.1) is 18.1 Å². The number of carbonyl (C=O) groups is 1. The lowest BCUT2D eigenvalue weighted by atomic mass is 10.3. The van der Waals surface area contributed by atoms with Crippen LogP contribution in [0.2, 0.25) is 0 Å². The van der Waals surface area contributed by atoms with Crippen LogP contribution in [0.1, 0.15) is 19.9 Å². The topological polar surface area (TPSA) is 69.0 Å². The summed E-state index contributed by atoms with van der Waals surface area (Å²) >= 11 is 0. The van der Waals surface area contributed by atoms with Crippen molar-refractivity contribution in [3.05, 3.63) is 48.8 Å². The summed E-state index contributed by atoms with van der Waals surface area (Å²) in [6.07, 6.45) is 2.77. The number of benzene rings is 1. The van der Waals surface area contributed by atoms with E-state index in [2.05, 4.69) is 15.4 Å². The van der Waals surface area contributed by atoms with Gasteiger partial charge in [-0.05, 0) is 32.0 Å². The first-order valence-corrected chi connectivity index (χ1v) is 7.00. The Kier molecular flexibility index (Phi) is 3.74. The number of rotatable bonds is 3. The summed E-state index contributed by atoms with van der Waals surface area (Å²) in [5, 5.41) is 7.82. The van der Waals surface area contributed by atoms with E-state index in [1.54, 1.807) is 36.7 Å². The number of pyridine rings is 1. The molecule has 6 nitrogen and oxygen atoms in total. The van der Waals surface area contributed by atoms with Crippen molar-refractivity contribution in [1.29, 1.82) is 0 Å². The second-order valence-electron chi connectivity index (χ2n) is 5.15. The van der Waals surface area contributed by atoms with Gasteiger partial charge in [0.2, 0.25) is 0 Å². The predicted molar refractivity (Wildman–Crippen MR) is 84.0 cm³/mol. The molecule has 0 fully saturated rings. The van der Waals surface area contributed by atoms with Crippen LogP contribution in [-0.4, -0.2) is 20.9 Å². The van der Waals surface area contributed by atoms with Gasteiger partial charge in [-0.2, -0.15) is 5.10 Å². The van der Waals surface area contributed by atoms with Crippen molar-refractivity contribution >= 4 is 22.8 Å². The van der Waals surface area contributed by atoms with Gasteiger partial charge in [0, 0.05) is 11.4 Å². The first-order valence-electron chi connectivity index (χ1n) is 7.00. The number of para-hydroxylation sites is 1. The Balaban J connectivity index is 1.75. The molecule has 1 N–H and O–H groups in total. The molecule has 0 unspecified atom stereocenters. The van der Waals surface area contributed by atoms with Gasteiger partial charge < -0.3 is 4.74 Å². The van der Waals surface area contributed by atoms with Gasteiger partial charge in [-0.1, -0.05) is 18.2 Å². The van der Waals surface area contributed by atoms with Crippen molar-refractivity contribution in [3.63, 3.8) is 0 Å². The number of ether oxygens (including phenoxy) is 1. The van der Waals surface area contributed by atoms with Crippen LogP contribution in [0.25, 0.3) is 11.0 Å². The molecule has 3 rings (SSSR count). The standard InChI is InChI=1S/C16H16N4O2/c1-11(2)20-15-12(9-18-20)8-13(10-17-15)19-16(21)22-14-6-4-3-5-7-14/h3-11H,1-2H3,(H,19,21). The second kappa shape index (κ2) is 5.85. The van der Waals surface area contributed by atoms with Gasteiger partial charge in [-0.3, -0.25) is 5.32 Å². The molecule has 1 amide bonds. The Morgan fingerprint density at radius 2 is 2.00 bits per heavy atom. The average Bonchev–Trinajstić information content (AvgIpc) is 2.91. The molecule has 0 radical (unpaired) electrons. The van der Waals surface area contributed by atoms with E-state index < -0.39 is 6.09 Å². The Morgan fingerprint density at radius 3 is 2.73 bits per heavy atom. The Labute approximate surface area is 127 Å². The Morgan fingerprint density at radius 1 is 1.23 bits per heavy atom. The van der Waals surface area contributed by atoms with E-state index in [1.165, 1.54) is 0 Å². The van der Waals surface area contributed by atoms with Gasteiger partial charge in [-0.15, -0.1) is 0 Å². The molecule has 2 aromatic heterocycles. The number of amides is 1. The van der Waals surface area contributed by atoms with E-state index in [9.17, 15) is 4.79 Å². The van der Waals surface area contributed by atoms with Crippen LogP contribution in [-0.2, 0) is 0 Å². The average molecular weight is 296 g/mol. The maximum absolute atomic E-state index is 11.8. The fourth-order valence-electron chi connectivity index (χ4n) is 2.13. The quantitative estimate of drug-likeness (QED) is 0.801. The molecule has 22 heavy (non-hydrogen) atoms. The zero-order valence-electron chi connectivity index (χ0n) is 12.4. The van der Waals surface area contributed by atoms with Gasteiger partial charge >= 0.3 is 6.09 Å². The third-order valence-electron chi connectivity index (χ3n) is 3.12. The largest absolute Gasteiger partial charge is 0.417 e. The molecule has 0 aliphatic carbocycles. The maximum Gasteiger partial charge on any atom is 0.417 e. The van der Waals surface area contributed by atoms with E-state index in [0.29, 0.717) is 11.4 Å². The number of aromatic nitrogens is 3. The molecule has 0 bridgehead atoms. The third kappa shape index (κ3) is 2.90. The number of carbonyl (C=O) groups excluding carboxylic acids is 1. The van der Waals surface area contributed by atoms with Crippen LogP contribution in [0, 0.1) is 0 Å². The normalized spacial score (nSPS) is 10.9. The molecule has 112 valence electrons. The maximum atomic E-state index is 11.8. The van der Waals surface area contributed by atoms with E-state index in [0.717, 1.165) is 11.0 Å². The Hall–Kier alpha value is -2.89. The van der Waals surface area contributed by atoms with Crippen LogP contribution >= 0.6 is 0 Å². The highest BCUT2D eigenvalue weighted by Crippen LogP contribution is 2.19. The van der Waals surface area contributed by atoms with Gasteiger partial charge in [0.25, 0.3) is 0 Å². The van der Waals surface area contributed by atoms with Crippen molar-refractivity contribution in [2.45, 2.75) is 19.9 Å². The SMILES string of the molecule is CC(C)n1ncc2cc(NC(=O)Oc3ccccc3)cnc21. The summed E-state index contributed by atoms with van der Waals surface area (Å²) in [7, 11) is 0. The van der Waals surface area contributed by atoms with Crippen molar-refractivity contribution in [2.75, 3.05) is 5.32 Å². The molecular formula is C16H16N4O2. The minimum Gasteiger partial charge on any atom is -0.410 e. The minimum absolute atomic E-state index is 0.229. The smallest absolute Gasteiger partial charge is 0.410 e. The van der Waals surface area contributed by atoms with Crippen LogP contribution in [0.5, 0.6) is 5.75 Å². The van der Waals surface area contributed by atoms with Crippen molar-refractivity contribution < 1.29 is 9.53 Å². The lowest BCUT2D eigenvalue weighted by Gasteiger charge is -2.08. The highest BCUT2D eigenvalue weighted by atomic mass is 16.6. The molecule has 6 heteroatoms. The first kappa shape index (κ1) is 14.1. The minimum atomic E-state index is -0.552. The fourth-order valence-corrected chi connectivity index (χ4v) is 2.13. The first-order chi connectivity index (χ1) is 10.6. The van der Waals surface area contributed by atoms with Crippen molar-refractivity contribution in [2.24, 2.45) is 0 Å². The van der Waals surface area contributed by atoms with E-state index in [-0.39, 0.29) is 6.04 Å². The molecule has 3 aromatic rings. The molecule has 0 atom stereocenters. The van der Waals surface area contributed by atoms with Crippen LogP contribution in [0.15, 0.2) is 48.8 Å². The summed E-state index contributed by atoms with van der Waals surface area (Å²) in [4.78, 5) is 16.2. The number of anilines is 1. The number of hydrogen-bond donors (Lipinski definition) is 1. The molecule has 0 saturated heterocycles. The molecule has 0 aliphatic heterocycles. The molecule has 1 aromatic carbocycles. The number of nitrogens with one attached hydrogen (secondary N) is 1. The highest BCUT2D eigenvalue weighted by molar-refractivity contribution is 5.89. The summed E-state index contributed by atoms with van der Waals surface area (Å²) in [5.41, 5.74) is 1.36. The molecule has 0 aliphatic rings. The summed E-state index contributed by atoms with van der Waals surface area (Å²) < 4.78 is 7.01. The van der Waals surface area contributed by atoms with Gasteiger partial charge in [0.15, 0.2) is 5.65 Å². The van der Waals surface area contributed by atoms with Crippen LogP contribution < -0.4 is 10.1 Å². The summed E-state index contributed by atoms with van der Waals surface area (Å²) in [6.45, 7) is 4.08. The number of hydrogen-bond acceptors (Lipinski definition) is 4. The predicted octanol–water partition coefficient (Wildman–Crippen LogP) is 3.62. The van der Waals surface area contributed by atoms with Gasteiger partial charge in [0.1, 0.15) is 5.75 Å². The molecule has 0 saturated carbocycles. The lowest BCUT2D eigenvalue weighted by molar-refractivity contribution is 0.215. The molecule has 2 heterocycles. The van der Waals surface area contributed by atoms with E-state index in [4.69, 9.17) is 4.74 Å². The fraction of sp³-hybridized carbons (Fsp3) is 0.188. The number of nitrogens with zero attached hydrogens (tertiary/aromatic N) is 3.